The Bertz CT molecular complexity index is 741. The molecule has 23 heavy (non-hydrogen) atoms. The monoisotopic (exact) mass is 315 g/mol. The van der Waals surface area contributed by atoms with Crippen LogP contribution in [0.1, 0.15) is 0 Å². The van der Waals surface area contributed by atoms with Gasteiger partial charge in [-0.25, -0.2) is 9.48 Å². The Morgan fingerprint density at radius 2 is 2.04 bits per heavy atom. The lowest BCUT2D eigenvalue weighted by atomic mass is 10.1. The number of tetrazole rings is 1. The van der Waals surface area contributed by atoms with E-state index in [0.717, 1.165) is 10.6 Å². The average Bonchev–Trinajstić information content (AvgIpc) is 3.08. The number of benzene rings is 1. The van der Waals surface area contributed by atoms with E-state index in [2.05, 4.69) is 26.2 Å². The maximum atomic E-state index is 12.2. The lowest BCUT2D eigenvalue weighted by Gasteiger charge is -2.27. The summed E-state index contributed by atoms with van der Waals surface area (Å²) in [5, 5.41) is 16.0. The van der Waals surface area contributed by atoms with E-state index in [4.69, 9.17) is 0 Å². The van der Waals surface area contributed by atoms with Crippen LogP contribution in [-0.2, 0) is 9.59 Å². The van der Waals surface area contributed by atoms with E-state index in [-0.39, 0.29) is 6.54 Å². The van der Waals surface area contributed by atoms with Gasteiger partial charge in [-0.1, -0.05) is 0 Å². The summed E-state index contributed by atoms with van der Waals surface area (Å²) in [7, 11) is 1.33. The molecule has 0 saturated carbocycles. The van der Waals surface area contributed by atoms with Gasteiger partial charge in [-0.3, -0.25) is 14.5 Å². The van der Waals surface area contributed by atoms with Crippen LogP contribution >= 0.6 is 0 Å². The third-order valence-electron chi connectivity index (χ3n) is 3.46. The number of amides is 4. The highest BCUT2D eigenvalue weighted by Gasteiger charge is 2.36. The van der Waals surface area contributed by atoms with Gasteiger partial charge in [-0.2, -0.15) is 0 Å². The van der Waals surface area contributed by atoms with Gasteiger partial charge in [-0.05, 0) is 34.7 Å². The number of rotatable bonds is 3. The molecule has 1 aliphatic heterocycles. The van der Waals surface area contributed by atoms with E-state index >= 15 is 0 Å². The van der Waals surface area contributed by atoms with E-state index < -0.39 is 23.8 Å². The number of hydrogen-bond donors (Lipinski definition) is 2. The molecule has 1 aromatic heterocycles. The number of carbonyl (C=O) groups is 3. The number of urea groups is 1. The number of nitrogens with one attached hydrogen (secondary N) is 2. The zero-order chi connectivity index (χ0) is 16.4. The summed E-state index contributed by atoms with van der Waals surface area (Å²) in [5.74, 6) is -1.95. The van der Waals surface area contributed by atoms with Gasteiger partial charge in [0.15, 0.2) is 0 Å². The van der Waals surface area contributed by atoms with Crippen molar-refractivity contribution in [1.82, 2.24) is 30.4 Å². The molecule has 1 aliphatic rings. The van der Waals surface area contributed by atoms with Crippen molar-refractivity contribution in [3.05, 3.63) is 30.6 Å². The highest BCUT2D eigenvalue weighted by Crippen LogP contribution is 2.15. The minimum atomic E-state index is -0.947. The van der Waals surface area contributed by atoms with Crippen LogP contribution in [0.2, 0.25) is 0 Å². The van der Waals surface area contributed by atoms with E-state index in [1.807, 2.05) is 0 Å². The summed E-state index contributed by atoms with van der Waals surface area (Å²) < 4.78 is 1.47. The molecule has 3 rings (SSSR count). The van der Waals surface area contributed by atoms with Crippen LogP contribution < -0.4 is 10.6 Å². The normalized spacial score (nSPS) is 17.8. The summed E-state index contributed by atoms with van der Waals surface area (Å²) in [6, 6.07) is 6.28. The molecule has 0 bridgehead atoms. The van der Waals surface area contributed by atoms with Gasteiger partial charge in [0, 0.05) is 19.3 Å². The Morgan fingerprint density at radius 3 is 2.70 bits per heavy atom. The van der Waals surface area contributed by atoms with E-state index in [1.54, 1.807) is 24.3 Å². The molecule has 2 aromatic rings. The summed E-state index contributed by atoms with van der Waals surface area (Å²) in [6.45, 7) is -0.0173. The van der Waals surface area contributed by atoms with E-state index in [1.165, 1.54) is 18.1 Å². The average molecular weight is 315 g/mol. The number of imide groups is 1. The van der Waals surface area contributed by atoms with Crippen LogP contribution in [0.3, 0.4) is 0 Å². The van der Waals surface area contributed by atoms with Gasteiger partial charge >= 0.3 is 6.03 Å². The summed E-state index contributed by atoms with van der Waals surface area (Å²) >= 11 is 0. The zero-order valence-corrected chi connectivity index (χ0v) is 12.1. The SMILES string of the molecule is CN1C(=O)NCC(C(=O)Nc2ccc(-n3cnnn3)cc2)C1=O. The standard InChI is InChI=1S/C13H13N7O3/c1-19-12(22)10(6-14-13(19)23)11(21)16-8-2-4-9(5-3-8)20-7-15-17-18-20/h2-5,7,10H,6H2,1H3,(H,14,23)(H,16,21). The topological polar surface area (TPSA) is 122 Å². The van der Waals surface area contributed by atoms with Crippen molar-refractivity contribution in [3.8, 4) is 5.69 Å². The molecule has 2 heterocycles. The van der Waals surface area contributed by atoms with Crippen molar-refractivity contribution in [2.24, 2.45) is 5.92 Å². The van der Waals surface area contributed by atoms with Crippen LogP contribution in [0.4, 0.5) is 10.5 Å². The summed E-state index contributed by atoms with van der Waals surface area (Å²) in [6.07, 6.45) is 1.45. The Kier molecular flexibility index (Phi) is 3.71. The number of hydrogen-bond acceptors (Lipinski definition) is 6. The smallest absolute Gasteiger partial charge is 0.323 e. The van der Waals surface area contributed by atoms with Crippen molar-refractivity contribution >= 4 is 23.5 Å². The van der Waals surface area contributed by atoms with Gasteiger partial charge in [0.05, 0.1) is 5.69 Å². The molecule has 0 radical (unpaired) electrons. The molecular formula is C13H13N7O3. The fourth-order valence-electron chi connectivity index (χ4n) is 2.14. The fourth-order valence-corrected chi connectivity index (χ4v) is 2.14. The highest BCUT2D eigenvalue weighted by molar-refractivity contribution is 6.12. The van der Waals surface area contributed by atoms with Crippen LogP contribution in [0, 0.1) is 5.92 Å². The maximum absolute atomic E-state index is 12.2. The Hall–Kier alpha value is -3.30. The molecule has 0 aliphatic carbocycles. The highest BCUT2D eigenvalue weighted by atomic mass is 16.2. The molecule has 1 fully saturated rings. The second-order valence-corrected chi connectivity index (χ2v) is 4.93. The minimum absolute atomic E-state index is 0.0173. The number of carbonyl (C=O) groups excluding carboxylic acids is 3. The quantitative estimate of drug-likeness (QED) is 0.729. The predicted molar refractivity (Wildman–Crippen MR) is 77.4 cm³/mol. The fraction of sp³-hybridized carbons (Fsp3) is 0.231. The predicted octanol–water partition coefficient (Wildman–Crippen LogP) is -0.601. The molecule has 118 valence electrons. The van der Waals surface area contributed by atoms with E-state index in [9.17, 15) is 14.4 Å². The Balaban J connectivity index is 1.68. The van der Waals surface area contributed by atoms with Crippen molar-refractivity contribution in [3.63, 3.8) is 0 Å². The summed E-state index contributed by atoms with van der Waals surface area (Å²) in [5.41, 5.74) is 1.26. The van der Waals surface area contributed by atoms with Crippen molar-refractivity contribution in [2.75, 3.05) is 18.9 Å². The van der Waals surface area contributed by atoms with Gasteiger partial charge in [0.2, 0.25) is 11.8 Å². The van der Waals surface area contributed by atoms with Crippen LogP contribution in [0.25, 0.3) is 5.69 Å². The van der Waals surface area contributed by atoms with Crippen molar-refractivity contribution < 1.29 is 14.4 Å². The van der Waals surface area contributed by atoms with Gasteiger partial charge in [0.1, 0.15) is 12.2 Å². The van der Waals surface area contributed by atoms with Crippen molar-refractivity contribution in [2.45, 2.75) is 0 Å². The third kappa shape index (κ3) is 2.86. The van der Waals surface area contributed by atoms with Gasteiger partial charge < -0.3 is 10.6 Å². The van der Waals surface area contributed by atoms with Crippen LogP contribution in [0.15, 0.2) is 30.6 Å². The third-order valence-corrected chi connectivity index (χ3v) is 3.46. The second kappa shape index (κ2) is 5.83. The zero-order valence-electron chi connectivity index (χ0n) is 12.1. The number of anilines is 1. The van der Waals surface area contributed by atoms with Crippen LogP contribution in [0.5, 0.6) is 0 Å². The van der Waals surface area contributed by atoms with E-state index in [0.29, 0.717) is 5.69 Å². The summed E-state index contributed by atoms with van der Waals surface area (Å²) in [4.78, 5) is 36.4. The first-order chi connectivity index (χ1) is 11.1. The molecule has 1 atom stereocenters. The molecule has 10 heteroatoms. The van der Waals surface area contributed by atoms with Gasteiger partial charge in [-0.15, -0.1) is 5.10 Å². The molecule has 1 saturated heterocycles. The molecular weight excluding hydrogens is 302 g/mol. The number of aromatic nitrogens is 4. The molecule has 1 unspecified atom stereocenters. The van der Waals surface area contributed by atoms with Gasteiger partial charge in [0.25, 0.3) is 0 Å². The second-order valence-electron chi connectivity index (χ2n) is 4.93. The maximum Gasteiger partial charge on any atom is 0.323 e. The van der Waals surface area contributed by atoms with Crippen LogP contribution in [-0.4, -0.2) is 56.5 Å². The largest absolute Gasteiger partial charge is 0.336 e. The first kappa shape index (κ1) is 14.6. The molecule has 2 N–H and O–H groups in total. The molecule has 4 amide bonds. The Labute approximate surface area is 130 Å². The first-order valence-electron chi connectivity index (χ1n) is 6.76. The number of nitrogens with zero attached hydrogens (tertiary/aromatic N) is 5. The van der Waals surface area contributed by atoms with Crippen molar-refractivity contribution in [1.29, 1.82) is 0 Å². The lowest BCUT2D eigenvalue weighted by Crippen LogP contribution is -2.56. The molecule has 10 nitrogen and oxygen atoms in total. The first-order valence-corrected chi connectivity index (χ1v) is 6.76. The molecule has 0 spiro atoms. The molecule has 1 aromatic carbocycles. The lowest BCUT2D eigenvalue weighted by molar-refractivity contribution is -0.138. The minimum Gasteiger partial charge on any atom is -0.336 e. The Morgan fingerprint density at radius 1 is 1.30 bits per heavy atom.